The van der Waals surface area contributed by atoms with Gasteiger partial charge in [-0.1, -0.05) is 6.07 Å². The van der Waals surface area contributed by atoms with Crippen LogP contribution in [0.3, 0.4) is 0 Å². The van der Waals surface area contributed by atoms with E-state index in [0.717, 1.165) is 48.7 Å². The molecule has 2 aromatic heterocycles. The molecule has 1 fully saturated rings. The molecule has 1 aliphatic rings. The number of halogens is 1. The molecule has 3 heterocycles. The number of anilines is 2. The maximum Gasteiger partial charge on any atom is 0.274 e. The zero-order valence-corrected chi connectivity index (χ0v) is 15.5. The van der Waals surface area contributed by atoms with Gasteiger partial charge in [-0.25, -0.2) is 4.98 Å². The molecule has 0 saturated carbocycles. The Morgan fingerprint density at radius 2 is 2.08 bits per heavy atom. The molecule has 6 nitrogen and oxygen atoms in total. The predicted octanol–water partition coefficient (Wildman–Crippen LogP) is 2.14. The quantitative estimate of drug-likeness (QED) is 0.797. The second kappa shape index (κ2) is 7.46. The van der Waals surface area contributed by atoms with Crippen LogP contribution in [0.5, 0.6) is 0 Å². The monoisotopic (exact) mass is 392 g/mol. The fraction of sp³-hybridized carbons (Fsp3) is 0.412. The fourth-order valence-electron chi connectivity index (χ4n) is 2.74. The molecule has 0 unspecified atom stereocenters. The van der Waals surface area contributed by atoms with Crippen LogP contribution in [-0.4, -0.2) is 47.8 Å². The third-order valence-electron chi connectivity index (χ3n) is 4.16. The maximum absolute atomic E-state index is 12.3. The van der Waals surface area contributed by atoms with Gasteiger partial charge in [-0.2, -0.15) is 0 Å². The molecule has 2 aromatic rings. The fourth-order valence-corrected chi connectivity index (χ4v) is 3.27. The number of hydrogen-bond donors (Lipinski definition) is 0. The van der Waals surface area contributed by atoms with Gasteiger partial charge in [-0.3, -0.25) is 9.69 Å². The number of hydrogen-bond acceptors (Lipinski definition) is 5. The lowest BCUT2D eigenvalue weighted by Crippen LogP contribution is -2.35. The number of pyridine rings is 2. The second-order valence-electron chi connectivity index (χ2n) is 5.93. The lowest BCUT2D eigenvalue weighted by atomic mass is 10.2. The second-order valence-corrected chi connectivity index (χ2v) is 6.85. The molecule has 0 aromatic carbocycles. The molecule has 0 N–H and O–H groups in total. The minimum absolute atomic E-state index is 0.0557. The van der Waals surface area contributed by atoms with Crippen molar-refractivity contribution in [2.75, 3.05) is 38.3 Å². The summed E-state index contributed by atoms with van der Waals surface area (Å²) in [5.41, 5.74) is 1.69. The Bertz CT molecular complexity index is 754. The summed E-state index contributed by atoms with van der Waals surface area (Å²) in [6.45, 7) is 4.37. The highest BCUT2D eigenvalue weighted by Gasteiger charge is 2.13. The Morgan fingerprint density at radius 1 is 1.33 bits per heavy atom. The van der Waals surface area contributed by atoms with Crippen molar-refractivity contribution >= 4 is 27.4 Å². The first-order valence-corrected chi connectivity index (χ1v) is 8.69. The Labute approximate surface area is 149 Å². The minimum Gasteiger partial charge on any atom is -0.379 e. The summed E-state index contributed by atoms with van der Waals surface area (Å²) in [4.78, 5) is 21.0. The molecule has 0 aliphatic carbocycles. The third-order valence-corrected chi connectivity index (χ3v) is 4.59. The largest absolute Gasteiger partial charge is 0.379 e. The number of aryl methyl sites for hydroxylation is 1. The van der Waals surface area contributed by atoms with Gasteiger partial charge in [-0.15, -0.1) is 0 Å². The molecule has 1 aliphatic heterocycles. The summed E-state index contributed by atoms with van der Waals surface area (Å²) >= 11 is 3.43. The average Bonchev–Trinajstić information content (AvgIpc) is 2.59. The van der Waals surface area contributed by atoms with Gasteiger partial charge in [-0.05, 0) is 33.6 Å². The summed E-state index contributed by atoms with van der Waals surface area (Å²) in [6.07, 6.45) is 3.63. The third kappa shape index (κ3) is 3.85. The molecule has 3 rings (SSSR count). The maximum atomic E-state index is 12.3. The number of nitrogens with zero attached hydrogens (tertiary/aromatic N) is 4. The summed E-state index contributed by atoms with van der Waals surface area (Å²) in [7, 11) is 3.59. The summed E-state index contributed by atoms with van der Waals surface area (Å²) in [5.74, 6) is 0.746. The number of aromatic nitrogens is 2. The normalized spacial score (nSPS) is 15.5. The molecule has 0 spiro atoms. The first kappa shape index (κ1) is 17.1. The smallest absolute Gasteiger partial charge is 0.274 e. The van der Waals surface area contributed by atoms with Crippen molar-refractivity contribution in [3.63, 3.8) is 0 Å². The van der Waals surface area contributed by atoms with Crippen LogP contribution in [0.15, 0.2) is 39.9 Å². The van der Waals surface area contributed by atoms with E-state index < -0.39 is 0 Å². The van der Waals surface area contributed by atoms with Crippen LogP contribution in [0.1, 0.15) is 5.56 Å². The Hall–Kier alpha value is -1.70. The molecular weight excluding hydrogens is 372 g/mol. The zero-order valence-electron chi connectivity index (χ0n) is 13.9. The van der Waals surface area contributed by atoms with E-state index in [0.29, 0.717) is 5.69 Å². The van der Waals surface area contributed by atoms with E-state index in [1.807, 2.05) is 30.3 Å². The van der Waals surface area contributed by atoms with E-state index in [1.165, 1.54) is 0 Å². The average molecular weight is 393 g/mol. The minimum atomic E-state index is -0.0557. The predicted molar refractivity (Wildman–Crippen MR) is 97.8 cm³/mol. The molecule has 0 atom stereocenters. The Morgan fingerprint density at radius 3 is 2.75 bits per heavy atom. The van der Waals surface area contributed by atoms with Crippen molar-refractivity contribution in [3.8, 4) is 0 Å². The van der Waals surface area contributed by atoms with Crippen LogP contribution in [0, 0.1) is 0 Å². The number of ether oxygens (including phenoxy) is 1. The SMILES string of the molecule is CN(c1ccc(CN2CCOCC2)cn1)c1cc(Br)cn(C)c1=O. The van der Waals surface area contributed by atoms with Gasteiger partial charge in [0.05, 0.1) is 13.2 Å². The first-order valence-electron chi connectivity index (χ1n) is 7.89. The molecule has 0 bridgehead atoms. The van der Waals surface area contributed by atoms with E-state index in [2.05, 4.69) is 31.9 Å². The molecule has 24 heavy (non-hydrogen) atoms. The number of rotatable bonds is 4. The van der Waals surface area contributed by atoms with Gasteiger partial charge in [0.25, 0.3) is 5.56 Å². The van der Waals surface area contributed by atoms with Crippen molar-refractivity contribution in [1.29, 1.82) is 0 Å². The highest BCUT2D eigenvalue weighted by atomic mass is 79.9. The van der Waals surface area contributed by atoms with Crippen LogP contribution >= 0.6 is 15.9 Å². The van der Waals surface area contributed by atoms with E-state index >= 15 is 0 Å². The van der Waals surface area contributed by atoms with Gasteiger partial charge < -0.3 is 14.2 Å². The van der Waals surface area contributed by atoms with Gasteiger partial charge in [0.15, 0.2) is 0 Å². The van der Waals surface area contributed by atoms with Gasteiger partial charge >= 0.3 is 0 Å². The van der Waals surface area contributed by atoms with E-state index in [9.17, 15) is 4.79 Å². The van der Waals surface area contributed by atoms with Crippen molar-refractivity contribution in [1.82, 2.24) is 14.5 Å². The van der Waals surface area contributed by atoms with Crippen LogP contribution in [0.4, 0.5) is 11.5 Å². The van der Waals surface area contributed by atoms with E-state index in [4.69, 9.17) is 4.74 Å². The summed E-state index contributed by atoms with van der Waals surface area (Å²) in [6, 6.07) is 5.83. The molecule has 0 radical (unpaired) electrons. The van der Waals surface area contributed by atoms with Gasteiger partial charge in [0.1, 0.15) is 11.5 Å². The van der Waals surface area contributed by atoms with Gasteiger partial charge in [0, 0.05) is 50.6 Å². The van der Waals surface area contributed by atoms with Crippen LogP contribution in [-0.2, 0) is 18.3 Å². The standard InChI is InChI=1S/C17H21BrN4O2/c1-20-12-14(18)9-15(17(20)23)21(2)16-4-3-13(10-19-16)11-22-5-7-24-8-6-22/h3-4,9-10,12H,5-8,11H2,1-2H3. The van der Waals surface area contributed by atoms with Crippen molar-refractivity contribution in [2.45, 2.75) is 6.54 Å². The lowest BCUT2D eigenvalue weighted by molar-refractivity contribution is 0.0341. The topological polar surface area (TPSA) is 50.6 Å². The van der Waals surface area contributed by atoms with Crippen molar-refractivity contribution < 1.29 is 4.74 Å². The molecule has 0 amide bonds. The highest BCUT2D eigenvalue weighted by molar-refractivity contribution is 9.10. The Balaban J connectivity index is 1.76. The molecule has 128 valence electrons. The van der Waals surface area contributed by atoms with Gasteiger partial charge in [0.2, 0.25) is 0 Å². The number of morpholine rings is 1. The zero-order chi connectivity index (χ0) is 17.1. The van der Waals surface area contributed by atoms with Crippen LogP contribution < -0.4 is 10.5 Å². The summed E-state index contributed by atoms with van der Waals surface area (Å²) < 4.78 is 7.78. The van der Waals surface area contributed by atoms with Crippen molar-refractivity contribution in [3.05, 3.63) is 51.0 Å². The van der Waals surface area contributed by atoms with Crippen molar-refractivity contribution in [2.24, 2.45) is 7.05 Å². The van der Waals surface area contributed by atoms with E-state index in [1.54, 1.807) is 17.8 Å². The molecular formula is C17H21BrN4O2. The van der Waals surface area contributed by atoms with E-state index in [-0.39, 0.29) is 5.56 Å². The Kier molecular flexibility index (Phi) is 5.33. The van der Waals surface area contributed by atoms with Crippen LogP contribution in [0.2, 0.25) is 0 Å². The van der Waals surface area contributed by atoms with Crippen LogP contribution in [0.25, 0.3) is 0 Å². The molecule has 7 heteroatoms. The first-order chi connectivity index (χ1) is 11.5. The summed E-state index contributed by atoms with van der Waals surface area (Å²) in [5, 5.41) is 0. The molecule has 1 saturated heterocycles. The highest BCUT2D eigenvalue weighted by Crippen LogP contribution is 2.21. The lowest BCUT2D eigenvalue weighted by Gasteiger charge is -2.26.